The normalized spacial score (nSPS) is 10.9. The second-order valence-electron chi connectivity index (χ2n) is 4.62. The standard InChI is InChI=1S/C14H15N5O2/c1-2-9-6-16-12(21-9)7-17-14-18-11-4-3-8(15)5-10(11)13(20)19-14/h3-6H,2,7,15H2,1H3,(H2,17,18,19,20). The summed E-state index contributed by atoms with van der Waals surface area (Å²) >= 11 is 0. The number of anilines is 2. The monoisotopic (exact) mass is 285 g/mol. The first-order valence-electron chi connectivity index (χ1n) is 6.62. The third-order valence-electron chi connectivity index (χ3n) is 3.09. The van der Waals surface area contributed by atoms with Gasteiger partial charge in [0.2, 0.25) is 11.8 Å². The summed E-state index contributed by atoms with van der Waals surface area (Å²) in [5, 5.41) is 3.45. The third kappa shape index (κ3) is 2.71. The van der Waals surface area contributed by atoms with E-state index in [1.807, 2.05) is 6.92 Å². The van der Waals surface area contributed by atoms with Crippen LogP contribution in [0.5, 0.6) is 0 Å². The lowest BCUT2D eigenvalue weighted by Crippen LogP contribution is -2.13. The number of benzene rings is 1. The highest BCUT2D eigenvalue weighted by atomic mass is 16.4. The van der Waals surface area contributed by atoms with Gasteiger partial charge in [0.25, 0.3) is 5.56 Å². The molecule has 3 aromatic rings. The average molecular weight is 285 g/mol. The molecule has 0 amide bonds. The van der Waals surface area contributed by atoms with Gasteiger partial charge in [-0.3, -0.25) is 9.78 Å². The highest BCUT2D eigenvalue weighted by Gasteiger charge is 2.06. The summed E-state index contributed by atoms with van der Waals surface area (Å²) in [5.74, 6) is 1.74. The van der Waals surface area contributed by atoms with Gasteiger partial charge in [-0.2, -0.15) is 0 Å². The topological polar surface area (TPSA) is 110 Å². The van der Waals surface area contributed by atoms with Gasteiger partial charge in [-0.15, -0.1) is 0 Å². The van der Waals surface area contributed by atoms with Crippen molar-refractivity contribution in [3.05, 3.63) is 46.4 Å². The Hall–Kier alpha value is -2.83. The number of aromatic nitrogens is 3. The molecule has 7 heteroatoms. The van der Waals surface area contributed by atoms with Gasteiger partial charge in [0.05, 0.1) is 23.6 Å². The van der Waals surface area contributed by atoms with Crippen molar-refractivity contribution in [3.63, 3.8) is 0 Å². The zero-order valence-corrected chi connectivity index (χ0v) is 11.5. The Balaban J connectivity index is 1.84. The molecule has 1 aromatic carbocycles. The summed E-state index contributed by atoms with van der Waals surface area (Å²) in [4.78, 5) is 23.1. The van der Waals surface area contributed by atoms with Crippen molar-refractivity contribution in [1.82, 2.24) is 15.0 Å². The van der Waals surface area contributed by atoms with E-state index in [2.05, 4.69) is 20.3 Å². The van der Waals surface area contributed by atoms with Crippen molar-refractivity contribution in [2.45, 2.75) is 19.9 Å². The van der Waals surface area contributed by atoms with E-state index < -0.39 is 0 Å². The van der Waals surface area contributed by atoms with E-state index in [1.165, 1.54) is 0 Å². The van der Waals surface area contributed by atoms with Crippen LogP contribution in [0.15, 0.2) is 33.6 Å². The van der Waals surface area contributed by atoms with E-state index in [0.717, 1.165) is 12.2 Å². The number of fused-ring (bicyclic) bond motifs is 1. The highest BCUT2D eigenvalue weighted by Crippen LogP contribution is 2.13. The third-order valence-corrected chi connectivity index (χ3v) is 3.09. The van der Waals surface area contributed by atoms with E-state index in [1.54, 1.807) is 24.4 Å². The molecule has 0 aliphatic rings. The maximum atomic E-state index is 12.0. The summed E-state index contributed by atoms with van der Waals surface area (Å²) in [6.45, 7) is 2.34. The van der Waals surface area contributed by atoms with E-state index in [9.17, 15) is 4.79 Å². The predicted octanol–water partition coefficient (Wildman–Crippen LogP) is 1.67. The van der Waals surface area contributed by atoms with Crippen LogP contribution in [-0.4, -0.2) is 15.0 Å². The predicted molar refractivity (Wildman–Crippen MR) is 80.0 cm³/mol. The Labute approximate surface area is 120 Å². The molecule has 3 rings (SSSR count). The first-order valence-corrected chi connectivity index (χ1v) is 6.62. The van der Waals surface area contributed by atoms with Crippen LogP contribution in [0.3, 0.4) is 0 Å². The number of hydrogen-bond donors (Lipinski definition) is 3. The molecule has 0 saturated heterocycles. The van der Waals surface area contributed by atoms with Gasteiger partial charge < -0.3 is 15.5 Å². The van der Waals surface area contributed by atoms with Crippen molar-refractivity contribution >= 4 is 22.5 Å². The Morgan fingerprint density at radius 1 is 1.43 bits per heavy atom. The molecule has 0 unspecified atom stereocenters. The average Bonchev–Trinajstić information content (AvgIpc) is 2.94. The maximum Gasteiger partial charge on any atom is 0.260 e. The van der Waals surface area contributed by atoms with Crippen LogP contribution in [-0.2, 0) is 13.0 Å². The molecule has 0 fully saturated rings. The van der Waals surface area contributed by atoms with Gasteiger partial charge in [-0.25, -0.2) is 9.97 Å². The van der Waals surface area contributed by atoms with Gasteiger partial charge in [-0.05, 0) is 18.2 Å². The molecular formula is C14H15N5O2. The number of aromatic amines is 1. The van der Waals surface area contributed by atoms with E-state index in [4.69, 9.17) is 10.2 Å². The molecule has 4 N–H and O–H groups in total. The first-order chi connectivity index (χ1) is 10.2. The molecule has 0 saturated carbocycles. The zero-order valence-electron chi connectivity index (χ0n) is 11.5. The van der Waals surface area contributed by atoms with Crippen molar-refractivity contribution in [2.75, 3.05) is 11.1 Å². The SMILES string of the molecule is CCc1cnc(CNc2nc3ccc(N)cc3c(=O)[nH]2)o1. The Bertz CT molecular complexity index is 837. The lowest BCUT2D eigenvalue weighted by atomic mass is 10.2. The van der Waals surface area contributed by atoms with Gasteiger partial charge in [0.1, 0.15) is 5.76 Å². The molecule has 7 nitrogen and oxygen atoms in total. The van der Waals surface area contributed by atoms with Crippen LogP contribution in [0.4, 0.5) is 11.6 Å². The number of rotatable bonds is 4. The van der Waals surface area contributed by atoms with Crippen LogP contribution in [0.2, 0.25) is 0 Å². The molecule has 2 aromatic heterocycles. The molecule has 0 aliphatic carbocycles. The minimum absolute atomic E-state index is 0.239. The number of nitrogen functional groups attached to an aromatic ring is 1. The summed E-state index contributed by atoms with van der Waals surface area (Å²) in [7, 11) is 0. The minimum Gasteiger partial charge on any atom is -0.444 e. The van der Waals surface area contributed by atoms with Crippen molar-refractivity contribution in [3.8, 4) is 0 Å². The van der Waals surface area contributed by atoms with E-state index in [0.29, 0.717) is 35.0 Å². The molecule has 0 radical (unpaired) electrons. The fraction of sp³-hybridized carbons (Fsp3) is 0.214. The quantitative estimate of drug-likeness (QED) is 0.629. The number of H-pyrrole nitrogens is 1. The summed E-state index contributed by atoms with van der Waals surface area (Å²) in [5.41, 5.74) is 6.54. The number of nitrogens with zero attached hydrogens (tertiary/aromatic N) is 2. The summed E-state index contributed by atoms with van der Waals surface area (Å²) < 4.78 is 5.48. The zero-order chi connectivity index (χ0) is 14.8. The molecule has 0 aliphatic heterocycles. The van der Waals surface area contributed by atoms with Crippen LogP contribution < -0.4 is 16.6 Å². The van der Waals surface area contributed by atoms with Crippen LogP contribution in [0, 0.1) is 0 Å². The molecular weight excluding hydrogens is 270 g/mol. The van der Waals surface area contributed by atoms with Crippen molar-refractivity contribution in [1.29, 1.82) is 0 Å². The number of oxazole rings is 1. The van der Waals surface area contributed by atoms with Gasteiger partial charge in [0, 0.05) is 12.1 Å². The number of aryl methyl sites for hydroxylation is 1. The molecule has 0 atom stereocenters. The molecule has 2 heterocycles. The van der Waals surface area contributed by atoms with Crippen molar-refractivity contribution in [2.24, 2.45) is 0 Å². The second-order valence-corrected chi connectivity index (χ2v) is 4.62. The lowest BCUT2D eigenvalue weighted by Gasteiger charge is -2.04. The molecule has 0 bridgehead atoms. The molecule has 21 heavy (non-hydrogen) atoms. The maximum absolute atomic E-state index is 12.0. The van der Waals surface area contributed by atoms with Gasteiger partial charge in [0.15, 0.2) is 0 Å². The Kier molecular flexibility index (Phi) is 3.31. The smallest absolute Gasteiger partial charge is 0.260 e. The number of nitrogens with two attached hydrogens (primary N) is 1. The number of hydrogen-bond acceptors (Lipinski definition) is 6. The highest BCUT2D eigenvalue weighted by molar-refractivity contribution is 5.81. The lowest BCUT2D eigenvalue weighted by molar-refractivity contribution is 0.465. The second kappa shape index (κ2) is 5.28. The van der Waals surface area contributed by atoms with Crippen LogP contribution in [0.1, 0.15) is 18.6 Å². The first kappa shape index (κ1) is 13.2. The largest absolute Gasteiger partial charge is 0.444 e. The van der Waals surface area contributed by atoms with E-state index in [-0.39, 0.29) is 5.56 Å². The van der Waals surface area contributed by atoms with Crippen LogP contribution >= 0.6 is 0 Å². The minimum atomic E-state index is -0.239. The van der Waals surface area contributed by atoms with Gasteiger partial charge in [-0.1, -0.05) is 6.92 Å². The van der Waals surface area contributed by atoms with Gasteiger partial charge >= 0.3 is 0 Å². The summed E-state index contributed by atoms with van der Waals surface area (Å²) in [6.07, 6.45) is 2.48. The molecule has 0 spiro atoms. The Morgan fingerprint density at radius 3 is 3.05 bits per heavy atom. The Morgan fingerprint density at radius 2 is 2.29 bits per heavy atom. The summed E-state index contributed by atoms with van der Waals surface area (Å²) in [6, 6.07) is 5.03. The number of nitrogens with one attached hydrogen (secondary N) is 2. The molecule has 108 valence electrons. The van der Waals surface area contributed by atoms with Crippen LogP contribution in [0.25, 0.3) is 10.9 Å². The fourth-order valence-electron chi connectivity index (χ4n) is 1.99. The van der Waals surface area contributed by atoms with Crippen molar-refractivity contribution < 1.29 is 4.42 Å². The fourth-order valence-corrected chi connectivity index (χ4v) is 1.99. The van der Waals surface area contributed by atoms with E-state index >= 15 is 0 Å².